The van der Waals surface area contributed by atoms with Gasteiger partial charge in [-0.3, -0.25) is 14.7 Å². The molecule has 3 aromatic heterocycles. The minimum absolute atomic E-state index is 0.0931. The van der Waals surface area contributed by atoms with Crippen molar-refractivity contribution in [2.45, 2.75) is 6.92 Å². The van der Waals surface area contributed by atoms with Gasteiger partial charge < -0.3 is 10.1 Å². The Balaban J connectivity index is 1.58. The van der Waals surface area contributed by atoms with Crippen LogP contribution in [0, 0.1) is 6.92 Å². The normalized spacial score (nSPS) is 27.6. The molecule has 0 radical (unpaired) electrons. The molecule has 0 saturated carbocycles. The second kappa shape index (κ2) is 7.45. The lowest BCUT2D eigenvalue weighted by Gasteiger charge is -2.25. The van der Waals surface area contributed by atoms with E-state index in [-0.39, 0.29) is 10.7 Å². The Bertz CT molecular complexity index is 1240. The second-order valence-corrected chi connectivity index (χ2v) is 6.63. The summed E-state index contributed by atoms with van der Waals surface area (Å²) in [6, 6.07) is 3.36. The quantitative estimate of drug-likeness (QED) is 0.752. The van der Waals surface area contributed by atoms with Crippen molar-refractivity contribution in [1.29, 1.82) is 0 Å². The van der Waals surface area contributed by atoms with Crippen molar-refractivity contribution in [3.63, 3.8) is 0 Å². The van der Waals surface area contributed by atoms with E-state index in [1.807, 2.05) is 6.92 Å². The van der Waals surface area contributed by atoms with E-state index in [0.29, 0.717) is 16.5 Å². The average Bonchev–Trinajstić information content (AvgIpc) is 3.16. The zero-order chi connectivity index (χ0) is 25.1. The summed E-state index contributed by atoms with van der Waals surface area (Å²) in [4.78, 5) is 26.4. The highest BCUT2D eigenvalue weighted by molar-refractivity contribution is 7.15. The number of rotatable bonds is 4. The van der Waals surface area contributed by atoms with Crippen molar-refractivity contribution in [1.82, 2.24) is 19.9 Å². The third-order valence-corrected chi connectivity index (χ3v) is 4.44. The van der Waals surface area contributed by atoms with Gasteiger partial charge >= 0.3 is 0 Å². The molecule has 0 spiro atoms. The van der Waals surface area contributed by atoms with Gasteiger partial charge in [-0.2, -0.15) is 0 Å². The van der Waals surface area contributed by atoms with Gasteiger partial charge in [-0.1, -0.05) is 0 Å². The lowest BCUT2D eigenvalue weighted by atomic mass is 10.2. The highest BCUT2D eigenvalue weighted by Gasteiger charge is 2.14. The molecule has 4 rings (SSSR count). The second-order valence-electron chi connectivity index (χ2n) is 5.39. The van der Waals surface area contributed by atoms with Gasteiger partial charge in [0.15, 0.2) is 0 Å². The van der Waals surface area contributed by atoms with Gasteiger partial charge in [0.1, 0.15) is 5.82 Å². The Morgan fingerprint density at radius 2 is 2.04 bits per heavy atom. The van der Waals surface area contributed by atoms with Gasteiger partial charge in [-0.05, 0) is 24.4 Å². The maximum Gasteiger partial charge on any atom is 0.239 e. The molecule has 26 heavy (non-hydrogen) atoms. The monoisotopic (exact) mass is 377 g/mol. The van der Waals surface area contributed by atoms with Crippen LogP contribution in [-0.2, 0) is 9.53 Å². The molecule has 1 amide bonds. The summed E-state index contributed by atoms with van der Waals surface area (Å²) in [5.74, 6) is -0.823. The predicted molar refractivity (Wildman–Crippen MR) is 101 cm³/mol. The molecule has 0 unspecified atom stereocenters. The smallest absolute Gasteiger partial charge is 0.239 e. The lowest BCUT2D eigenvalue weighted by Crippen LogP contribution is -2.41. The van der Waals surface area contributed by atoms with Crippen LogP contribution < -0.4 is 5.32 Å². The van der Waals surface area contributed by atoms with Crippen LogP contribution in [-0.4, -0.2) is 58.4 Å². The zero-order valence-corrected chi connectivity index (χ0v) is 14.4. The summed E-state index contributed by atoms with van der Waals surface area (Å²) in [6.07, 6.45) is 4.81. The zero-order valence-electron chi connectivity index (χ0n) is 21.6. The van der Waals surface area contributed by atoms with E-state index < -0.39 is 38.6 Å². The minimum atomic E-state index is -3.22. The average molecular weight is 377 g/mol. The highest BCUT2D eigenvalue weighted by Crippen LogP contribution is 2.27. The Hall–Kier alpha value is -2.42. The molecule has 3 aromatic rings. The number of morpholine rings is 1. The third kappa shape index (κ3) is 3.87. The Morgan fingerprint density at radius 3 is 2.81 bits per heavy atom. The molecular formula is C18H19N5O2S. The number of hydrogen-bond acceptors (Lipinski definition) is 7. The maximum absolute atomic E-state index is 12.7. The molecule has 8 heteroatoms. The van der Waals surface area contributed by atoms with Gasteiger partial charge in [0.05, 0.1) is 40.7 Å². The molecule has 0 aromatic carbocycles. The number of aryl methyl sites for hydroxylation is 1. The number of aromatic nitrogens is 3. The number of pyridine rings is 2. The molecule has 1 aliphatic heterocycles. The highest BCUT2D eigenvalue weighted by atomic mass is 32.1. The molecular weight excluding hydrogens is 350 g/mol. The Labute approximate surface area is 166 Å². The third-order valence-electron chi connectivity index (χ3n) is 3.51. The molecule has 0 atom stereocenters. The van der Waals surface area contributed by atoms with Crippen molar-refractivity contribution in [2.75, 3.05) is 38.0 Å². The molecule has 1 aliphatic rings. The Kier molecular flexibility index (Phi) is 2.88. The molecule has 4 heterocycles. The molecule has 7 nitrogen and oxygen atoms in total. The van der Waals surface area contributed by atoms with E-state index in [9.17, 15) is 4.79 Å². The van der Waals surface area contributed by atoms with E-state index >= 15 is 0 Å². The molecule has 134 valence electrons. The number of thiazole rings is 1. The van der Waals surface area contributed by atoms with E-state index in [0.717, 1.165) is 9.88 Å². The number of nitrogens with zero attached hydrogens (tertiary/aromatic N) is 4. The summed E-state index contributed by atoms with van der Waals surface area (Å²) in [6.45, 7) is -11.9. The number of anilines is 1. The number of hydrogen-bond donors (Lipinski definition) is 1. The van der Waals surface area contributed by atoms with Gasteiger partial charge in [0, 0.05) is 42.5 Å². The van der Waals surface area contributed by atoms with Crippen LogP contribution in [0.25, 0.3) is 21.3 Å². The number of ether oxygens (including phenoxy) is 1. The summed E-state index contributed by atoms with van der Waals surface area (Å²) in [7, 11) is 0. The van der Waals surface area contributed by atoms with Crippen molar-refractivity contribution < 1.29 is 20.5 Å². The van der Waals surface area contributed by atoms with E-state index in [4.69, 9.17) is 11.0 Å². The Morgan fingerprint density at radius 1 is 1.23 bits per heavy atom. The topological polar surface area (TPSA) is 80.2 Å². The lowest BCUT2D eigenvalue weighted by molar-refractivity contribution is -0.118. The van der Waals surface area contributed by atoms with E-state index in [1.165, 1.54) is 17.5 Å². The largest absolute Gasteiger partial charge is 0.379 e. The first-order valence-corrected chi connectivity index (χ1v) is 8.42. The maximum atomic E-state index is 12.7. The number of amides is 1. The van der Waals surface area contributed by atoms with E-state index in [2.05, 4.69) is 25.0 Å². The van der Waals surface area contributed by atoms with Crippen LogP contribution in [0.4, 0.5) is 5.82 Å². The standard InChI is InChI=1S/C18H19N5O2S/c1-12-19-10-16(26-12)15-6-13-7-17(21-9-14(13)8-20-15)22-18(24)11-23-2-4-25-5-3-23/h6-10H,2-5,11H2,1H3,(H,21,22,24)/i2D2,3D2,4D2,5D2. The van der Waals surface area contributed by atoms with Crippen LogP contribution >= 0.6 is 11.3 Å². The fraction of sp³-hybridized carbons (Fsp3) is 0.333. The number of fused-ring (bicyclic) bond motifs is 1. The van der Waals surface area contributed by atoms with Crippen LogP contribution in [0.3, 0.4) is 0 Å². The van der Waals surface area contributed by atoms with Crippen LogP contribution in [0.5, 0.6) is 0 Å². The van der Waals surface area contributed by atoms with Crippen molar-refractivity contribution in [3.8, 4) is 10.6 Å². The van der Waals surface area contributed by atoms with Crippen molar-refractivity contribution in [3.05, 3.63) is 35.7 Å². The van der Waals surface area contributed by atoms with Crippen molar-refractivity contribution >= 4 is 33.8 Å². The summed E-state index contributed by atoms with van der Waals surface area (Å²) in [5.41, 5.74) is 0.681. The fourth-order valence-electron chi connectivity index (χ4n) is 2.34. The number of carbonyl (C=O) groups is 1. The molecule has 1 fully saturated rings. The number of carbonyl (C=O) groups excluding carboxylic acids is 1. The number of nitrogens with one attached hydrogen (secondary N) is 1. The first-order chi connectivity index (χ1) is 15.6. The molecule has 1 N–H and O–H groups in total. The first kappa shape index (κ1) is 10.1. The van der Waals surface area contributed by atoms with Crippen LogP contribution in [0.2, 0.25) is 0 Å². The summed E-state index contributed by atoms with van der Waals surface area (Å²) < 4.78 is 67.2. The van der Waals surface area contributed by atoms with Gasteiger partial charge in [0.2, 0.25) is 5.91 Å². The van der Waals surface area contributed by atoms with Crippen LogP contribution in [0.1, 0.15) is 16.0 Å². The predicted octanol–water partition coefficient (Wildman–Crippen LogP) is 2.33. The first-order valence-electron chi connectivity index (χ1n) is 11.6. The van der Waals surface area contributed by atoms with Crippen LogP contribution in [0.15, 0.2) is 30.7 Å². The molecule has 0 bridgehead atoms. The van der Waals surface area contributed by atoms with Gasteiger partial charge in [0.25, 0.3) is 0 Å². The van der Waals surface area contributed by atoms with Crippen molar-refractivity contribution in [2.24, 2.45) is 0 Å². The fourth-order valence-corrected chi connectivity index (χ4v) is 3.08. The minimum Gasteiger partial charge on any atom is -0.379 e. The SMILES string of the molecule is [2H]C1([2H])OC([2H])([2H])C([2H])([2H])N(CC(=O)Nc2cc3cc(-c4cnc(C)s4)ncc3cn2)C1([2H])[2H]. The van der Waals surface area contributed by atoms with Gasteiger partial charge in [-0.15, -0.1) is 11.3 Å². The molecule has 1 saturated heterocycles. The van der Waals surface area contributed by atoms with Gasteiger partial charge in [-0.25, -0.2) is 9.97 Å². The summed E-state index contributed by atoms with van der Waals surface area (Å²) >= 11 is 1.48. The van der Waals surface area contributed by atoms with E-state index in [1.54, 1.807) is 24.5 Å². The molecule has 0 aliphatic carbocycles. The summed E-state index contributed by atoms with van der Waals surface area (Å²) in [5, 5.41) is 4.72.